The van der Waals surface area contributed by atoms with E-state index < -0.39 is 11.8 Å². The Balaban J connectivity index is 1.59. The van der Waals surface area contributed by atoms with Gasteiger partial charge in [0.1, 0.15) is 5.69 Å². The van der Waals surface area contributed by atoms with E-state index in [1.165, 1.54) is 11.3 Å². The standard InChI is InChI=1S/C19H18N4O4S/c1-11-16(23-19(28-11)14-3-2-8-27-14)18(26)21-9-12-4-6-13(7-5-12)17(25)22-10-15(20)24/h2-8H,9-10H2,1H3,(H2,20,24)(H,21,26)(H,22,25). The van der Waals surface area contributed by atoms with Crippen LogP contribution >= 0.6 is 11.3 Å². The summed E-state index contributed by atoms with van der Waals surface area (Å²) in [5, 5.41) is 5.88. The van der Waals surface area contributed by atoms with E-state index in [2.05, 4.69) is 15.6 Å². The van der Waals surface area contributed by atoms with E-state index in [1.54, 1.807) is 42.7 Å². The van der Waals surface area contributed by atoms with Gasteiger partial charge in [0, 0.05) is 17.0 Å². The van der Waals surface area contributed by atoms with Crippen LogP contribution in [0.4, 0.5) is 0 Å². The monoisotopic (exact) mass is 398 g/mol. The Kier molecular flexibility index (Phi) is 5.85. The molecule has 0 aliphatic rings. The molecule has 9 heteroatoms. The highest BCUT2D eigenvalue weighted by Crippen LogP contribution is 2.27. The average molecular weight is 398 g/mol. The van der Waals surface area contributed by atoms with Crippen LogP contribution in [0.2, 0.25) is 0 Å². The molecule has 0 aliphatic carbocycles. The lowest BCUT2D eigenvalue weighted by Gasteiger charge is -2.06. The van der Waals surface area contributed by atoms with Crippen molar-refractivity contribution in [1.82, 2.24) is 15.6 Å². The van der Waals surface area contributed by atoms with Crippen LogP contribution in [0.15, 0.2) is 47.1 Å². The molecule has 0 saturated heterocycles. The second-order valence-electron chi connectivity index (χ2n) is 5.93. The molecule has 8 nitrogen and oxygen atoms in total. The molecular weight excluding hydrogens is 380 g/mol. The minimum Gasteiger partial charge on any atom is -0.462 e. The smallest absolute Gasteiger partial charge is 0.271 e. The van der Waals surface area contributed by atoms with E-state index in [9.17, 15) is 14.4 Å². The van der Waals surface area contributed by atoms with Crippen LogP contribution in [0.25, 0.3) is 10.8 Å². The molecule has 2 aromatic heterocycles. The molecule has 0 aliphatic heterocycles. The largest absolute Gasteiger partial charge is 0.462 e. The number of nitrogens with zero attached hydrogens (tertiary/aromatic N) is 1. The summed E-state index contributed by atoms with van der Waals surface area (Å²) in [4.78, 5) is 40.1. The summed E-state index contributed by atoms with van der Waals surface area (Å²) in [5.74, 6) is -0.662. The molecule has 28 heavy (non-hydrogen) atoms. The molecule has 0 unspecified atom stereocenters. The van der Waals surface area contributed by atoms with Gasteiger partial charge in [-0.3, -0.25) is 14.4 Å². The molecule has 0 bridgehead atoms. The molecule has 0 spiro atoms. The van der Waals surface area contributed by atoms with Gasteiger partial charge in [-0.1, -0.05) is 12.1 Å². The maximum absolute atomic E-state index is 12.4. The fraction of sp³-hybridized carbons (Fsp3) is 0.158. The van der Waals surface area contributed by atoms with Crippen molar-refractivity contribution < 1.29 is 18.8 Å². The molecule has 0 atom stereocenters. The Morgan fingerprint density at radius 3 is 2.50 bits per heavy atom. The summed E-state index contributed by atoms with van der Waals surface area (Å²) < 4.78 is 5.32. The molecule has 3 aromatic rings. The van der Waals surface area contributed by atoms with Crippen molar-refractivity contribution in [3.63, 3.8) is 0 Å². The molecule has 2 heterocycles. The Bertz CT molecular complexity index is 994. The fourth-order valence-electron chi connectivity index (χ4n) is 2.42. The molecule has 3 rings (SSSR count). The number of rotatable bonds is 7. The number of hydrogen-bond donors (Lipinski definition) is 3. The van der Waals surface area contributed by atoms with Crippen LogP contribution in [0.1, 0.15) is 31.3 Å². The number of nitrogens with one attached hydrogen (secondary N) is 2. The molecule has 0 radical (unpaired) electrons. The van der Waals surface area contributed by atoms with Crippen molar-refractivity contribution >= 4 is 29.1 Å². The van der Waals surface area contributed by atoms with Gasteiger partial charge in [0.25, 0.3) is 11.8 Å². The van der Waals surface area contributed by atoms with Crippen molar-refractivity contribution in [2.45, 2.75) is 13.5 Å². The number of benzene rings is 1. The number of thiazole rings is 1. The third-order valence-corrected chi connectivity index (χ3v) is 4.82. The number of carbonyl (C=O) groups is 3. The zero-order chi connectivity index (χ0) is 20.1. The fourth-order valence-corrected chi connectivity index (χ4v) is 3.30. The predicted octanol–water partition coefficient (Wildman–Crippen LogP) is 1.86. The van der Waals surface area contributed by atoms with Crippen LogP contribution in [0.3, 0.4) is 0 Å². The first-order valence-corrected chi connectivity index (χ1v) is 9.20. The van der Waals surface area contributed by atoms with E-state index in [1.807, 2.05) is 6.92 Å². The second-order valence-corrected chi connectivity index (χ2v) is 7.13. The zero-order valence-electron chi connectivity index (χ0n) is 15.0. The maximum atomic E-state index is 12.4. The van der Waals surface area contributed by atoms with Crippen molar-refractivity contribution in [2.24, 2.45) is 5.73 Å². The van der Waals surface area contributed by atoms with Crippen molar-refractivity contribution in [2.75, 3.05) is 6.54 Å². The summed E-state index contributed by atoms with van der Waals surface area (Å²) in [6.45, 7) is 1.90. The lowest BCUT2D eigenvalue weighted by molar-refractivity contribution is -0.117. The molecule has 4 N–H and O–H groups in total. The van der Waals surface area contributed by atoms with Crippen LogP contribution in [0, 0.1) is 6.92 Å². The van der Waals surface area contributed by atoms with Gasteiger partial charge in [-0.25, -0.2) is 4.98 Å². The van der Waals surface area contributed by atoms with E-state index in [-0.39, 0.29) is 19.0 Å². The van der Waals surface area contributed by atoms with Crippen LogP contribution < -0.4 is 16.4 Å². The lowest BCUT2D eigenvalue weighted by Crippen LogP contribution is -2.33. The average Bonchev–Trinajstić information content (AvgIpc) is 3.34. The first-order valence-electron chi connectivity index (χ1n) is 8.39. The minimum atomic E-state index is -0.611. The highest BCUT2D eigenvalue weighted by molar-refractivity contribution is 7.15. The topological polar surface area (TPSA) is 127 Å². The Labute approximate surface area is 164 Å². The number of carbonyl (C=O) groups excluding carboxylic acids is 3. The summed E-state index contributed by atoms with van der Waals surface area (Å²) >= 11 is 1.39. The first kappa shape index (κ1) is 19.3. The zero-order valence-corrected chi connectivity index (χ0v) is 15.8. The second kappa shape index (κ2) is 8.49. The van der Waals surface area contributed by atoms with Gasteiger partial charge >= 0.3 is 0 Å². The highest BCUT2D eigenvalue weighted by atomic mass is 32.1. The van der Waals surface area contributed by atoms with E-state index in [0.717, 1.165) is 10.4 Å². The number of primary amides is 1. The van der Waals surface area contributed by atoms with Gasteiger partial charge in [-0.15, -0.1) is 11.3 Å². The van der Waals surface area contributed by atoms with Crippen LogP contribution in [-0.4, -0.2) is 29.3 Å². The summed E-state index contributed by atoms with van der Waals surface area (Å²) in [7, 11) is 0. The number of hydrogen-bond acceptors (Lipinski definition) is 6. The molecular formula is C19H18N4O4S. The van der Waals surface area contributed by atoms with E-state index >= 15 is 0 Å². The van der Waals surface area contributed by atoms with Crippen molar-refractivity contribution in [3.05, 3.63) is 64.4 Å². The normalized spacial score (nSPS) is 10.5. The maximum Gasteiger partial charge on any atom is 0.271 e. The summed E-state index contributed by atoms with van der Waals surface area (Å²) in [5.41, 5.74) is 6.57. The van der Waals surface area contributed by atoms with E-state index in [0.29, 0.717) is 22.0 Å². The Morgan fingerprint density at radius 1 is 1.11 bits per heavy atom. The van der Waals surface area contributed by atoms with E-state index in [4.69, 9.17) is 10.2 Å². The predicted molar refractivity (Wildman–Crippen MR) is 104 cm³/mol. The van der Waals surface area contributed by atoms with Gasteiger partial charge in [0.05, 0.1) is 12.8 Å². The molecule has 3 amide bonds. The number of aryl methyl sites for hydroxylation is 1. The third kappa shape index (κ3) is 4.63. The van der Waals surface area contributed by atoms with Gasteiger partial charge in [-0.2, -0.15) is 0 Å². The molecule has 0 saturated carbocycles. The molecule has 0 fully saturated rings. The number of aromatic nitrogens is 1. The highest BCUT2D eigenvalue weighted by Gasteiger charge is 2.17. The summed E-state index contributed by atoms with van der Waals surface area (Å²) in [6, 6.07) is 10.2. The number of nitrogens with two attached hydrogens (primary N) is 1. The molecule has 144 valence electrons. The van der Waals surface area contributed by atoms with Crippen molar-refractivity contribution in [1.29, 1.82) is 0 Å². The number of furan rings is 1. The van der Waals surface area contributed by atoms with Gasteiger partial charge in [-0.05, 0) is 36.8 Å². The van der Waals surface area contributed by atoms with Gasteiger partial charge in [0.2, 0.25) is 5.91 Å². The third-order valence-electron chi connectivity index (χ3n) is 3.84. The van der Waals surface area contributed by atoms with Crippen LogP contribution in [0.5, 0.6) is 0 Å². The Morgan fingerprint density at radius 2 is 1.86 bits per heavy atom. The lowest BCUT2D eigenvalue weighted by atomic mass is 10.1. The molecule has 1 aromatic carbocycles. The first-order chi connectivity index (χ1) is 13.4. The van der Waals surface area contributed by atoms with Gasteiger partial charge in [0.15, 0.2) is 10.8 Å². The minimum absolute atomic E-state index is 0.219. The van der Waals surface area contributed by atoms with Crippen LogP contribution in [-0.2, 0) is 11.3 Å². The summed E-state index contributed by atoms with van der Waals surface area (Å²) in [6.07, 6.45) is 1.56. The van der Waals surface area contributed by atoms with Gasteiger partial charge < -0.3 is 20.8 Å². The Hall–Kier alpha value is -3.46. The van der Waals surface area contributed by atoms with Crippen molar-refractivity contribution in [3.8, 4) is 10.8 Å². The SMILES string of the molecule is Cc1sc(-c2ccco2)nc1C(=O)NCc1ccc(C(=O)NCC(N)=O)cc1. The number of amides is 3. The quantitative estimate of drug-likeness (QED) is 0.560.